The molecule has 0 aliphatic carbocycles. The first-order valence-electron chi connectivity index (χ1n) is 10.6. The predicted molar refractivity (Wildman–Crippen MR) is 126 cm³/mol. The third kappa shape index (κ3) is 3.66. The molecule has 0 unspecified atom stereocenters. The highest BCUT2D eigenvalue weighted by Crippen LogP contribution is 2.28. The van der Waals surface area contributed by atoms with Gasteiger partial charge in [0.2, 0.25) is 5.91 Å². The Labute approximate surface area is 186 Å². The number of fused-ring (bicyclic) bond motifs is 1. The Morgan fingerprint density at radius 2 is 1.75 bits per heavy atom. The quantitative estimate of drug-likeness (QED) is 0.492. The summed E-state index contributed by atoms with van der Waals surface area (Å²) in [6.45, 7) is 5.77. The number of carbonyl (C=O) groups is 1. The van der Waals surface area contributed by atoms with Crippen molar-refractivity contribution in [3.05, 3.63) is 82.5 Å². The van der Waals surface area contributed by atoms with Crippen molar-refractivity contribution >= 4 is 22.4 Å². The van der Waals surface area contributed by atoms with Crippen LogP contribution >= 0.6 is 0 Å². The summed E-state index contributed by atoms with van der Waals surface area (Å²) in [5.74, 6) is 0.584. The lowest BCUT2D eigenvalue weighted by Crippen LogP contribution is -2.27. The standard InChI is InChI=1S/C25H26N4O3/c1-5-22(24(30)27-18-11-13-20(32-4)14-12-18)28-16(2)21-15-26-29(19-9-7-6-8-10-19)25(31)23(21)17(28)3/h6-15,22H,5H2,1-4H3,(H,27,30)/t22-/m1/s1. The van der Waals surface area contributed by atoms with Crippen molar-refractivity contribution < 1.29 is 9.53 Å². The summed E-state index contributed by atoms with van der Waals surface area (Å²) in [5.41, 5.74) is 2.80. The van der Waals surface area contributed by atoms with Crippen LogP contribution < -0.4 is 15.6 Å². The minimum atomic E-state index is -0.464. The van der Waals surface area contributed by atoms with Gasteiger partial charge in [-0.05, 0) is 56.7 Å². The molecule has 1 amide bonds. The smallest absolute Gasteiger partial charge is 0.281 e. The van der Waals surface area contributed by atoms with Crippen LogP contribution in [-0.2, 0) is 4.79 Å². The van der Waals surface area contributed by atoms with Gasteiger partial charge in [-0.25, -0.2) is 0 Å². The SMILES string of the molecule is CC[C@H](C(=O)Nc1ccc(OC)cc1)n1c(C)c2cnn(-c3ccccc3)c(=O)c2c1C. The van der Waals surface area contributed by atoms with Crippen molar-refractivity contribution in [2.45, 2.75) is 33.2 Å². The third-order valence-corrected chi connectivity index (χ3v) is 5.81. The Kier molecular flexibility index (Phi) is 5.81. The van der Waals surface area contributed by atoms with Crippen LogP contribution in [0.15, 0.2) is 65.6 Å². The zero-order chi connectivity index (χ0) is 22.8. The molecule has 0 radical (unpaired) electrons. The lowest BCUT2D eigenvalue weighted by Gasteiger charge is -2.21. The summed E-state index contributed by atoms with van der Waals surface area (Å²) in [5, 5.41) is 8.70. The predicted octanol–water partition coefficient (Wildman–Crippen LogP) is 4.40. The molecule has 7 heteroatoms. The number of aromatic nitrogens is 3. The number of nitrogens with zero attached hydrogens (tertiary/aromatic N) is 3. The van der Waals surface area contributed by atoms with Gasteiger partial charge < -0.3 is 14.6 Å². The fourth-order valence-electron chi connectivity index (χ4n) is 4.19. The molecule has 32 heavy (non-hydrogen) atoms. The molecule has 1 N–H and O–H groups in total. The fraction of sp³-hybridized carbons (Fsp3) is 0.240. The van der Waals surface area contributed by atoms with Crippen molar-refractivity contribution in [2.75, 3.05) is 12.4 Å². The number of anilines is 1. The maximum atomic E-state index is 13.3. The second kappa shape index (κ2) is 8.70. The number of benzene rings is 2. The Bertz CT molecular complexity index is 1320. The van der Waals surface area contributed by atoms with E-state index in [9.17, 15) is 9.59 Å². The summed E-state index contributed by atoms with van der Waals surface area (Å²) in [4.78, 5) is 26.5. The van der Waals surface area contributed by atoms with Crippen LogP contribution in [-0.4, -0.2) is 27.4 Å². The monoisotopic (exact) mass is 430 g/mol. The average molecular weight is 431 g/mol. The summed E-state index contributed by atoms with van der Waals surface area (Å²) in [6, 6.07) is 16.1. The van der Waals surface area contributed by atoms with Crippen LogP contribution in [0.2, 0.25) is 0 Å². The summed E-state index contributed by atoms with van der Waals surface area (Å²) in [6.07, 6.45) is 2.28. The summed E-state index contributed by atoms with van der Waals surface area (Å²) in [7, 11) is 1.60. The van der Waals surface area contributed by atoms with Gasteiger partial charge in [-0.2, -0.15) is 9.78 Å². The summed E-state index contributed by atoms with van der Waals surface area (Å²) >= 11 is 0. The van der Waals surface area contributed by atoms with E-state index in [1.54, 1.807) is 37.6 Å². The van der Waals surface area contributed by atoms with E-state index in [0.717, 1.165) is 22.5 Å². The second-order valence-corrected chi connectivity index (χ2v) is 7.67. The first-order chi connectivity index (χ1) is 15.5. The van der Waals surface area contributed by atoms with E-state index in [0.29, 0.717) is 23.2 Å². The largest absolute Gasteiger partial charge is 0.497 e. The number of para-hydroxylation sites is 1. The Morgan fingerprint density at radius 3 is 2.38 bits per heavy atom. The van der Waals surface area contributed by atoms with Crippen molar-refractivity contribution in [3.63, 3.8) is 0 Å². The van der Waals surface area contributed by atoms with Gasteiger partial charge in [0.1, 0.15) is 11.8 Å². The number of rotatable bonds is 6. The van der Waals surface area contributed by atoms with Gasteiger partial charge in [0.15, 0.2) is 0 Å². The van der Waals surface area contributed by atoms with Crippen LogP contribution in [0.3, 0.4) is 0 Å². The molecule has 0 aliphatic rings. The molecule has 0 fully saturated rings. The Morgan fingerprint density at radius 1 is 1.06 bits per heavy atom. The maximum Gasteiger partial charge on any atom is 0.281 e. The normalized spacial score (nSPS) is 12.0. The number of hydrogen-bond acceptors (Lipinski definition) is 4. The molecular weight excluding hydrogens is 404 g/mol. The van der Waals surface area contributed by atoms with Crippen LogP contribution in [0, 0.1) is 13.8 Å². The molecule has 2 aromatic heterocycles. The molecule has 164 valence electrons. The Hall–Kier alpha value is -3.87. The molecule has 0 saturated carbocycles. The highest BCUT2D eigenvalue weighted by Gasteiger charge is 2.25. The first-order valence-corrected chi connectivity index (χ1v) is 10.6. The van der Waals surface area contributed by atoms with Gasteiger partial charge in [0.05, 0.1) is 24.4 Å². The van der Waals surface area contributed by atoms with Crippen molar-refractivity contribution in [2.24, 2.45) is 0 Å². The molecule has 0 saturated heterocycles. The molecule has 4 aromatic rings. The lowest BCUT2D eigenvalue weighted by atomic mass is 10.1. The topological polar surface area (TPSA) is 78.2 Å². The number of methoxy groups -OCH3 is 1. The highest BCUT2D eigenvalue weighted by atomic mass is 16.5. The molecule has 2 aromatic carbocycles. The number of aryl methyl sites for hydroxylation is 2. The van der Waals surface area contributed by atoms with E-state index < -0.39 is 6.04 Å². The van der Waals surface area contributed by atoms with Crippen molar-refractivity contribution in [1.29, 1.82) is 0 Å². The van der Waals surface area contributed by atoms with Crippen LogP contribution in [0.4, 0.5) is 5.69 Å². The molecule has 0 bridgehead atoms. The molecule has 0 spiro atoms. The van der Waals surface area contributed by atoms with E-state index in [-0.39, 0.29) is 11.5 Å². The van der Waals surface area contributed by atoms with Gasteiger partial charge in [-0.15, -0.1) is 0 Å². The van der Waals surface area contributed by atoms with Crippen molar-refractivity contribution in [1.82, 2.24) is 14.3 Å². The van der Waals surface area contributed by atoms with Crippen LogP contribution in [0.1, 0.15) is 30.8 Å². The first kappa shape index (κ1) is 21.4. The maximum absolute atomic E-state index is 13.3. The Balaban J connectivity index is 1.75. The van der Waals surface area contributed by atoms with E-state index in [1.165, 1.54) is 4.68 Å². The number of hydrogen-bond donors (Lipinski definition) is 1. The average Bonchev–Trinajstić information content (AvgIpc) is 3.06. The highest BCUT2D eigenvalue weighted by molar-refractivity contribution is 5.95. The van der Waals surface area contributed by atoms with E-state index in [4.69, 9.17) is 4.74 Å². The third-order valence-electron chi connectivity index (χ3n) is 5.81. The number of ether oxygens (including phenoxy) is 1. The zero-order valence-electron chi connectivity index (χ0n) is 18.6. The van der Waals surface area contributed by atoms with E-state index in [2.05, 4.69) is 10.4 Å². The van der Waals surface area contributed by atoms with Gasteiger partial charge in [0, 0.05) is 22.5 Å². The molecule has 1 atom stereocenters. The number of nitrogens with one attached hydrogen (secondary N) is 1. The minimum Gasteiger partial charge on any atom is -0.497 e. The summed E-state index contributed by atoms with van der Waals surface area (Å²) < 4.78 is 8.52. The molecular formula is C25H26N4O3. The van der Waals surface area contributed by atoms with Crippen molar-refractivity contribution in [3.8, 4) is 11.4 Å². The zero-order valence-corrected chi connectivity index (χ0v) is 18.6. The minimum absolute atomic E-state index is 0.138. The lowest BCUT2D eigenvalue weighted by molar-refractivity contribution is -0.119. The van der Waals surface area contributed by atoms with Crippen LogP contribution in [0.25, 0.3) is 16.5 Å². The molecule has 7 nitrogen and oxygen atoms in total. The second-order valence-electron chi connectivity index (χ2n) is 7.67. The van der Waals surface area contributed by atoms with Crippen LogP contribution in [0.5, 0.6) is 5.75 Å². The van der Waals surface area contributed by atoms with E-state index in [1.807, 2.05) is 55.7 Å². The van der Waals surface area contributed by atoms with Gasteiger partial charge in [0.25, 0.3) is 5.56 Å². The fourth-order valence-corrected chi connectivity index (χ4v) is 4.19. The van der Waals surface area contributed by atoms with Gasteiger partial charge in [-0.1, -0.05) is 25.1 Å². The molecule has 4 rings (SSSR count). The molecule has 0 aliphatic heterocycles. The molecule has 2 heterocycles. The number of carbonyl (C=O) groups excluding carboxylic acids is 1. The van der Waals surface area contributed by atoms with E-state index >= 15 is 0 Å². The number of amides is 1. The van der Waals surface area contributed by atoms with Gasteiger partial charge >= 0.3 is 0 Å². The van der Waals surface area contributed by atoms with Gasteiger partial charge in [-0.3, -0.25) is 9.59 Å².